The van der Waals surface area contributed by atoms with Crippen LogP contribution in [0.3, 0.4) is 0 Å². The molecule has 2 aromatic rings. The molecule has 2 rings (SSSR count). The Morgan fingerprint density at radius 3 is 2.86 bits per heavy atom. The van der Waals surface area contributed by atoms with Crippen LogP contribution in [-0.2, 0) is 16.1 Å². The van der Waals surface area contributed by atoms with Crippen LogP contribution in [0.15, 0.2) is 40.2 Å². The number of halogens is 2. The van der Waals surface area contributed by atoms with E-state index in [0.717, 1.165) is 10.9 Å². The molecule has 0 fully saturated rings. The average molecular weight is 372 g/mol. The van der Waals surface area contributed by atoms with Crippen molar-refractivity contribution in [1.29, 1.82) is 0 Å². The van der Waals surface area contributed by atoms with Crippen molar-refractivity contribution in [3.05, 3.63) is 56.4 Å². The van der Waals surface area contributed by atoms with Gasteiger partial charge in [0.15, 0.2) is 6.61 Å². The van der Waals surface area contributed by atoms with Crippen LogP contribution in [0, 0.1) is 5.82 Å². The van der Waals surface area contributed by atoms with Gasteiger partial charge in [-0.05, 0) is 45.6 Å². The molecule has 0 unspecified atom stereocenters. The molecule has 0 aliphatic heterocycles. The number of esters is 1. The number of hydrogen-bond acceptors (Lipinski definition) is 4. The molecule has 0 bridgehead atoms. The molecule has 1 N–H and O–H groups in total. The van der Waals surface area contributed by atoms with E-state index in [1.165, 1.54) is 23.5 Å². The first-order chi connectivity index (χ1) is 10.1. The predicted molar refractivity (Wildman–Crippen MR) is 80.5 cm³/mol. The van der Waals surface area contributed by atoms with E-state index < -0.39 is 24.3 Å². The first kappa shape index (κ1) is 15.7. The molecule has 0 atom stereocenters. The Bertz CT molecular complexity index is 646. The number of thiophene rings is 1. The highest BCUT2D eigenvalue weighted by atomic mass is 79.9. The molecule has 110 valence electrons. The van der Waals surface area contributed by atoms with Crippen molar-refractivity contribution in [1.82, 2.24) is 5.32 Å². The van der Waals surface area contributed by atoms with E-state index in [9.17, 15) is 14.0 Å². The Balaban J connectivity index is 1.83. The molecule has 0 spiro atoms. The summed E-state index contributed by atoms with van der Waals surface area (Å²) >= 11 is 4.65. The van der Waals surface area contributed by atoms with Crippen LogP contribution in [0.2, 0.25) is 0 Å². The molecular weight excluding hydrogens is 361 g/mol. The van der Waals surface area contributed by atoms with E-state index in [2.05, 4.69) is 21.2 Å². The van der Waals surface area contributed by atoms with Gasteiger partial charge < -0.3 is 10.1 Å². The summed E-state index contributed by atoms with van der Waals surface area (Å²) in [5, 5.41) is 4.53. The number of ether oxygens (including phenoxy) is 1. The molecule has 7 heteroatoms. The summed E-state index contributed by atoms with van der Waals surface area (Å²) in [5.74, 6) is -1.72. The Hall–Kier alpha value is -1.73. The number of amides is 1. The van der Waals surface area contributed by atoms with Gasteiger partial charge in [0.2, 0.25) is 0 Å². The minimum Gasteiger partial charge on any atom is -0.452 e. The van der Waals surface area contributed by atoms with Crippen LogP contribution >= 0.6 is 27.3 Å². The van der Waals surface area contributed by atoms with Crippen molar-refractivity contribution in [2.24, 2.45) is 0 Å². The Labute approximate surface area is 133 Å². The number of benzene rings is 1. The van der Waals surface area contributed by atoms with Crippen LogP contribution in [0.25, 0.3) is 0 Å². The molecular formula is C14H11BrFNO3S. The minimum absolute atomic E-state index is 0.0426. The first-order valence-corrected chi connectivity index (χ1v) is 7.65. The third-order valence-corrected chi connectivity index (χ3v) is 4.09. The number of rotatable bonds is 5. The highest BCUT2D eigenvalue weighted by Crippen LogP contribution is 2.18. The summed E-state index contributed by atoms with van der Waals surface area (Å²) in [5.41, 5.74) is 0.0426. The van der Waals surface area contributed by atoms with Crippen LogP contribution in [0.4, 0.5) is 4.39 Å². The Morgan fingerprint density at radius 2 is 2.14 bits per heavy atom. The van der Waals surface area contributed by atoms with E-state index in [1.807, 2.05) is 17.5 Å². The van der Waals surface area contributed by atoms with Gasteiger partial charge in [-0.2, -0.15) is 0 Å². The molecule has 21 heavy (non-hydrogen) atoms. The topological polar surface area (TPSA) is 55.4 Å². The maximum Gasteiger partial charge on any atom is 0.339 e. The number of carbonyl (C=O) groups is 2. The van der Waals surface area contributed by atoms with Gasteiger partial charge in [0.05, 0.1) is 12.1 Å². The fourth-order valence-electron chi connectivity index (χ4n) is 1.51. The zero-order chi connectivity index (χ0) is 15.2. The fourth-order valence-corrected chi connectivity index (χ4v) is 2.57. The molecule has 1 amide bonds. The lowest BCUT2D eigenvalue weighted by Crippen LogP contribution is -2.28. The van der Waals surface area contributed by atoms with Crippen molar-refractivity contribution in [2.45, 2.75) is 6.54 Å². The summed E-state index contributed by atoms with van der Waals surface area (Å²) in [6, 6.07) is 7.45. The van der Waals surface area contributed by atoms with Gasteiger partial charge in [-0.15, -0.1) is 11.3 Å². The molecule has 1 aromatic heterocycles. The van der Waals surface area contributed by atoms with E-state index in [-0.39, 0.29) is 5.56 Å². The van der Waals surface area contributed by atoms with Gasteiger partial charge in [-0.3, -0.25) is 4.79 Å². The van der Waals surface area contributed by atoms with Gasteiger partial charge in [0.1, 0.15) is 5.82 Å². The maximum absolute atomic E-state index is 13.1. The van der Waals surface area contributed by atoms with Crippen LogP contribution < -0.4 is 5.32 Å². The van der Waals surface area contributed by atoms with Crippen LogP contribution in [0.1, 0.15) is 15.2 Å². The standard InChI is InChI=1S/C14H11BrFNO3S/c15-12-4-3-9(16)6-11(12)14(19)20-8-13(18)17-7-10-2-1-5-21-10/h1-6H,7-8H2,(H,17,18). The summed E-state index contributed by atoms with van der Waals surface area (Å²) in [4.78, 5) is 24.3. The second-order valence-corrected chi connectivity index (χ2v) is 5.94. The van der Waals surface area contributed by atoms with Crippen molar-refractivity contribution >= 4 is 39.1 Å². The Morgan fingerprint density at radius 1 is 1.33 bits per heavy atom. The van der Waals surface area contributed by atoms with Gasteiger partial charge >= 0.3 is 5.97 Å². The quantitative estimate of drug-likeness (QED) is 0.821. The van der Waals surface area contributed by atoms with Crippen molar-refractivity contribution < 1.29 is 18.7 Å². The van der Waals surface area contributed by atoms with E-state index >= 15 is 0 Å². The summed E-state index contributed by atoms with van der Waals surface area (Å²) in [6.07, 6.45) is 0. The van der Waals surface area contributed by atoms with Gasteiger partial charge in [0.25, 0.3) is 5.91 Å². The normalized spacial score (nSPS) is 10.2. The molecule has 1 aromatic carbocycles. The average Bonchev–Trinajstić information content (AvgIpc) is 2.98. The van der Waals surface area contributed by atoms with Gasteiger partial charge in [0, 0.05) is 9.35 Å². The minimum atomic E-state index is -0.757. The third kappa shape index (κ3) is 4.64. The zero-order valence-electron chi connectivity index (χ0n) is 10.8. The van der Waals surface area contributed by atoms with E-state index in [1.54, 1.807) is 0 Å². The van der Waals surface area contributed by atoms with Gasteiger partial charge in [-0.1, -0.05) is 6.07 Å². The lowest BCUT2D eigenvalue weighted by atomic mass is 10.2. The van der Waals surface area contributed by atoms with Crippen LogP contribution in [-0.4, -0.2) is 18.5 Å². The molecule has 0 radical (unpaired) electrons. The molecule has 0 saturated carbocycles. The monoisotopic (exact) mass is 371 g/mol. The van der Waals surface area contributed by atoms with E-state index in [4.69, 9.17) is 4.74 Å². The zero-order valence-corrected chi connectivity index (χ0v) is 13.2. The van der Waals surface area contributed by atoms with Crippen molar-refractivity contribution in [3.8, 4) is 0 Å². The number of hydrogen-bond donors (Lipinski definition) is 1. The maximum atomic E-state index is 13.1. The smallest absolute Gasteiger partial charge is 0.339 e. The van der Waals surface area contributed by atoms with Gasteiger partial charge in [-0.25, -0.2) is 9.18 Å². The first-order valence-electron chi connectivity index (χ1n) is 5.97. The molecule has 0 aliphatic rings. The number of nitrogens with one attached hydrogen (secondary N) is 1. The second kappa shape index (κ2) is 7.33. The highest BCUT2D eigenvalue weighted by molar-refractivity contribution is 9.10. The van der Waals surface area contributed by atoms with Crippen molar-refractivity contribution in [3.63, 3.8) is 0 Å². The van der Waals surface area contributed by atoms with E-state index in [0.29, 0.717) is 11.0 Å². The molecule has 0 saturated heterocycles. The molecule has 0 aliphatic carbocycles. The summed E-state index contributed by atoms with van der Waals surface area (Å²) in [7, 11) is 0. The molecule has 4 nitrogen and oxygen atoms in total. The fraction of sp³-hybridized carbons (Fsp3) is 0.143. The lowest BCUT2D eigenvalue weighted by Gasteiger charge is -2.07. The lowest BCUT2D eigenvalue weighted by molar-refractivity contribution is -0.124. The SMILES string of the molecule is O=C(COC(=O)c1cc(F)ccc1Br)NCc1cccs1. The van der Waals surface area contributed by atoms with Crippen LogP contribution in [0.5, 0.6) is 0 Å². The summed E-state index contributed by atoms with van der Waals surface area (Å²) < 4.78 is 18.3. The Kier molecular flexibility index (Phi) is 5.46. The number of carbonyl (C=O) groups excluding carboxylic acids is 2. The summed E-state index contributed by atoms with van der Waals surface area (Å²) in [6.45, 7) is -0.0229. The molecule has 1 heterocycles. The predicted octanol–water partition coefficient (Wildman–Crippen LogP) is 3.12. The highest BCUT2D eigenvalue weighted by Gasteiger charge is 2.14. The second-order valence-electron chi connectivity index (χ2n) is 4.06. The largest absolute Gasteiger partial charge is 0.452 e. The van der Waals surface area contributed by atoms with Crippen molar-refractivity contribution in [2.75, 3.05) is 6.61 Å². The third-order valence-electron chi connectivity index (χ3n) is 2.52.